The molecule has 5 N–H and O–H groups in total. The Morgan fingerprint density at radius 2 is 1.30 bits per heavy atom. The Kier molecular flexibility index (Phi) is 4.00. The van der Waals surface area contributed by atoms with Crippen molar-refractivity contribution in [2.24, 2.45) is 0 Å². The smallest absolute Gasteiger partial charge is 0.126 e. The van der Waals surface area contributed by atoms with Crippen LogP contribution in [0.1, 0.15) is 11.1 Å². The number of aromatic hydroxyl groups is 4. The summed E-state index contributed by atoms with van der Waals surface area (Å²) in [6.45, 7) is 0. The van der Waals surface area contributed by atoms with Crippen molar-refractivity contribution in [3.05, 3.63) is 47.5 Å². The van der Waals surface area contributed by atoms with Crippen molar-refractivity contribution in [1.82, 2.24) is 0 Å². The van der Waals surface area contributed by atoms with Gasteiger partial charge in [-0.3, -0.25) is 0 Å². The van der Waals surface area contributed by atoms with Crippen molar-refractivity contribution < 1.29 is 25.5 Å². The van der Waals surface area contributed by atoms with Gasteiger partial charge >= 0.3 is 0 Å². The maximum absolute atomic E-state index is 10.00. The van der Waals surface area contributed by atoms with Crippen LogP contribution in [0.25, 0.3) is 0 Å². The van der Waals surface area contributed by atoms with E-state index in [4.69, 9.17) is 0 Å². The van der Waals surface area contributed by atoms with Gasteiger partial charge in [0.15, 0.2) is 0 Å². The van der Waals surface area contributed by atoms with Crippen molar-refractivity contribution >= 4 is 0 Å². The fraction of sp³-hybridized carbons (Fsp3) is 0.200. The first-order valence-corrected chi connectivity index (χ1v) is 6.15. The Bertz CT molecular complexity index is 569. The molecule has 0 aliphatic heterocycles. The largest absolute Gasteiger partial charge is 0.508 e. The molecule has 0 aliphatic carbocycles. The fourth-order valence-electron chi connectivity index (χ4n) is 2.05. The normalized spacial score (nSPS) is 12.2. The zero-order valence-corrected chi connectivity index (χ0v) is 10.7. The highest BCUT2D eigenvalue weighted by molar-refractivity contribution is 5.49. The van der Waals surface area contributed by atoms with E-state index in [1.165, 1.54) is 12.1 Å². The van der Waals surface area contributed by atoms with Gasteiger partial charge in [-0.2, -0.15) is 0 Å². The number of aliphatic hydroxyl groups excluding tert-OH is 1. The molecule has 0 aromatic heterocycles. The molecule has 0 saturated heterocycles. The lowest BCUT2D eigenvalue weighted by Gasteiger charge is -2.13. The predicted octanol–water partition coefficient (Wildman–Crippen LogP) is 1.66. The van der Waals surface area contributed by atoms with Crippen LogP contribution in [0.5, 0.6) is 23.0 Å². The summed E-state index contributed by atoms with van der Waals surface area (Å²) in [7, 11) is 0. The fourth-order valence-corrected chi connectivity index (χ4v) is 2.05. The maximum atomic E-state index is 10.00. The van der Waals surface area contributed by atoms with Crippen LogP contribution in [0.4, 0.5) is 0 Å². The van der Waals surface area contributed by atoms with E-state index in [0.29, 0.717) is 6.42 Å². The molecular weight excluding hydrogens is 260 g/mol. The topological polar surface area (TPSA) is 101 Å². The first-order chi connectivity index (χ1) is 9.45. The molecular formula is C15H16O5. The molecule has 2 aromatic rings. The van der Waals surface area contributed by atoms with Gasteiger partial charge in [0.1, 0.15) is 23.0 Å². The summed E-state index contributed by atoms with van der Waals surface area (Å²) >= 11 is 0. The van der Waals surface area contributed by atoms with Gasteiger partial charge in [-0.05, 0) is 24.1 Å². The van der Waals surface area contributed by atoms with Crippen molar-refractivity contribution in [3.8, 4) is 23.0 Å². The summed E-state index contributed by atoms with van der Waals surface area (Å²) < 4.78 is 0. The third-order valence-electron chi connectivity index (χ3n) is 3.03. The van der Waals surface area contributed by atoms with Gasteiger partial charge in [0.2, 0.25) is 0 Å². The predicted molar refractivity (Wildman–Crippen MR) is 73.0 cm³/mol. The Morgan fingerprint density at radius 3 is 1.85 bits per heavy atom. The molecule has 0 bridgehead atoms. The van der Waals surface area contributed by atoms with E-state index in [0.717, 1.165) is 17.7 Å². The van der Waals surface area contributed by atoms with E-state index >= 15 is 0 Å². The van der Waals surface area contributed by atoms with Crippen molar-refractivity contribution in [3.63, 3.8) is 0 Å². The second-order valence-corrected chi connectivity index (χ2v) is 4.69. The minimum Gasteiger partial charge on any atom is -0.508 e. The molecule has 5 nitrogen and oxygen atoms in total. The number of phenols is 4. The highest BCUT2D eigenvalue weighted by Gasteiger charge is 2.15. The van der Waals surface area contributed by atoms with Crippen molar-refractivity contribution in [2.45, 2.75) is 18.9 Å². The van der Waals surface area contributed by atoms with Crippen LogP contribution in [0.2, 0.25) is 0 Å². The number of hydrogen-bond acceptors (Lipinski definition) is 5. The van der Waals surface area contributed by atoms with E-state index in [2.05, 4.69) is 0 Å². The molecule has 0 spiro atoms. The van der Waals surface area contributed by atoms with Gasteiger partial charge in [-0.1, -0.05) is 12.1 Å². The Morgan fingerprint density at radius 1 is 0.750 bits per heavy atom. The van der Waals surface area contributed by atoms with Crippen LogP contribution in [0, 0.1) is 0 Å². The molecule has 2 aromatic carbocycles. The molecule has 0 heterocycles. The summed E-state index contributed by atoms with van der Waals surface area (Å²) in [5.41, 5.74) is 1.02. The molecule has 106 valence electrons. The van der Waals surface area contributed by atoms with Crippen LogP contribution in [-0.4, -0.2) is 31.6 Å². The first kappa shape index (κ1) is 14.0. The van der Waals surface area contributed by atoms with Crippen LogP contribution in [-0.2, 0) is 12.8 Å². The van der Waals surface area contributed by atoms with E-state index in [1.807, 2.05) is 0 Å². The van der Waals surface area contributed by atoms with Gasteiger partial charge < -0.3 is 25.5 Å². The van der Waals surface area contributed by atoms with E-state index < -0.39 is 6.10 Å². The SMILES string of the molecule is Oc1ccc(CC(O)Cc2c(O)cc(O)cc2O)cc1. The van der Waals surface area contributed by atoms with Gasteiger partial charge in [-0.15, -0.1) is 0 Å². The van der Waals surface area contributed by atoms with Crippen molar-refractivity contribution in [1.29, 1.82) is 0 Å². The summed E-state index contributed by atoms with van der Waals surface area (Å²) in [6, 6.07) is 8.66. The number of rotatable bonds is 4. The molecule has 1 atom stereocenters. The summed E-state index contributed by atoms with van der Waals surface area (Å²) in [5.74, 6) is -0.603. The average molecular weight is 276 g/mol. The van der Waals surface area contributed by atoms with Gasteiger partial charge in [-0.25, -0.2) is 0 Å². The van der Waals surface area contributed by atoms with Gasteiger partial charge in [0, 0.05) is 24.1 Å². The minimum absolute atomic E-state index is 0.0544. The van der Waals surface area contributed by atoms with Gasteiger partial charge in [0.05, 0.1) is 6.10 Å². The van der Waals surface area contributed by atoms with Crippen LogP contribution in [0.15, 0.2) is 36.4 Å². The van der Waals surface area contributed by atoms with Crippen LogP contribution < -0.4 is 0 Å². The molecule has 0 saturated carbocycles. The Balaban J connectivity index is 2.08. The van der Waals surface area contributed by atoms with Crippen LogP contribution in [0.3, 0.4) is 0 Å². The quantitative estimate of drug-likeness (QED) is 0.584. The monoisotopic (exact) mass is 276 g/mol. The second-order valence-electron chi connectivity index (χ2n) is 4.69. The summed E-state index contributed by atoms with van der Waals surface area (Å²) in [5, 5.41) is 47.7. The maximum Gasteiger partial charge on any atom is 0.126 e. The van der Waals surface area contributed by atoms with E-state index in [9.17, 15) is 25.5 Å². The highest BCUT2D eigenvalue weighted by atomic mass is 16.3. The standard InChI is InChI=1S/C15H16O5/c16-10-3-1-9(2-4-10)5-11(17)6-13-14(19)7-12(18)8-15(13)20/h1-4,7-8,11,16-20H,5-6H2. The van der Waals surface area contributed by atoms with E-state index in [1.54, 1.807) is 12.1 Å². The van der Waals surface area contributed by atoms with E-state index in [-0.39, 0.29) is 35.0 Å². The molecule has 0 fully saturated rings. The minimum atomic E-state index is -0.805. The zero-order valence-electron chi connectivity index (χ0n) is 10.7. The molecule has 5 heteroatoms. The average Bonchev–Trinajstić information content (AvgIpc) is 2.36. The summed E-state index contributed by atoms with van der Waals surface area (Å²) in [6.07, 6.45) is -0.431. The molecule has 0 amide bonds. The third kappa shape index (κ3) is 3.33. The lowest BCUT2D eigenvalue weighted by molar-refractivity contribution is 0.173. The van der Waals surface area contributed by atoms with Crippen molar-refractivity contribution in [2.75, 3.05) is 0 Å². The number of aliphatic hydroxyl groups is 1. The number of benzene rings is 2. The third-order valence-corrected chi connectivity index (χ3v) is 3.03. The highest BCUT2D eigenvalue weighted by Crippen LogP contribution is 2.33. The number of phenolic OH excluding ortho intramolecular Hbond substituents is 4. The molecule has 2 rings (SSSR count). The Hall–Kier alpha value is -2.40. The summed E-state index contributed by atoms with van der Waals surface area (Å²) in [4.78, 5) is 0. The number of hydrogen-bond donors (Lipinski definition) is 5. The molecule has 0 radical (unpaired) electrons. The molecule has 0 aliphatic rings. The molecule has 20 heavy (non-hydrogen) atoms. The van der Waals surface area contributed by atoms with Gasteiger partial charge in [0.25, 0.3) is 0 Å². The zero-order chi connectivity index (χ0) is 14.7. The van der Waals surface area contributed by atoms with Crippen LogP contribution >= 0.6 is 0 Å². The lowest BCUT2D eigenvalue weighted by atomic mass is 10.00. The second kappa shape index (κ2) is 5.71. The Labute approximate surface area is 116 Å². The lowest BCUT2D eigenvalue weighted by Crippen LogP contribution is -2.14. The molecule has 1 unspecified atom stereocenters. The first-order valence-electron chi connectivity index (χ1n) is 6.15.